The first-order chi connectivity index (χ1) is 9.09. The molecule has 0 radical (unpaired) electrons. The number of carboxylic acid groups (broad SMARTS) is 1. The molecule has 0 saturated heterocycles. The van der Waals surface area contributed by atoms with Crippen molar-refractivity contribution in [3.05, 3.63) is 42.1 Å². The highest BCUT2D eigenvalue weighted by Crippen LogP contribution is 2.16. The molecule has 96 valence electrons. The van der Waals surface area contributed by atoms with Gasteiger partial charge in [-0.05, 0) is 6.07 Å². The van der Waals surface area contributed by atoms with E-state index in [1.807, 2.05) is 0 Å². The molecular formula is C11H8N4O4. The average molecular weight is 260 g/mol. The summed E-state index contributed by atoms with van der Waals surface area (Å²) in [6.07, 6.45) is 4.87. The fraction of sp³-hybridized carbons (Fsp3) is 0. The molecule has 0 aliphatic heterocycles. The number of aromatic carboxylic acids is 1. The van der Waals surface area contributed by atoms with Crippen molar-refractivity contribution in [1.82, 2.24) is 15.0 Å². The van der Waals surface area contributed by atoms with Gasteiger partial charge in [0.25, 0.3) is 5.91 Å². The van der Waals surface area contributed by atoms with E-state index in [4.69, 9.17) is 5.11 Å². The zero-order chi connectivity index (χ0) is 13.8. The Morgan fingerprint density at radius 3 is 2.58 bits per heavy atom. The zero-order valence-corrected chi connectivity index (χ0v) is 9.44. The van der Waals surface area contributed by atoms with Crippen LogP contribution in [-0.4, -0.2) is 37.0 Å². The first-order valence-corrected chi connectivity index (χ1v) is 5.08. The number of carbonyl (C=O) groups is 2. The lowest BCUT2D eigenvalue weighted by molar-refractivity contribution is 0.0691. The van der Waals surface area contributed by atoms with Crippen molar-refractivity contribution in [3.63, 3.8) is 0 Å². The van der Waals surface area contributed by atoms with E-state index in [-0.39, 0.29) is 22.8 Å². The van der Waals surface area contributed by atoms with E-state index in [0.29, 0.717) is 0 Å². The number of carboxylic acids is 1. The number of nitrogens with zero attached hydrogens (tertiary/aromatic N) is 3. The maximum Gasteiger partial charge on any atom is 0.358 e. The maximum absolute atomic E-state index is 11.9. The van der Waals surface area contributed by atoms with Gasteiger partial charge in [0.05, 0.1) is 11.8 Å². The summed E-state index contributed by atoms with van der Waals surface area (Å²) in [5, 5.41) is 20.6. The van der Waals surface area contributed by atoms with E-state index in [0.717, 1.165) is 6.20 Å². The van der Waals surface area contributed by atoms with Gasteiger partial charge in [0.2, 0.25) is 0 Å². The maximum atomic E-state index is 11.9. The number of pyridine rings is 1. The van der Waals surface area contributed by atoms with Gasteiger partial charge >= 0.3 is 5.97 Å². The van der Waals surface area contributed by atoms with Crippen LogP contribution in [0, 0.1) is 0 Å². The minimum absolute atomic E-state index is 0.0445. The van der Waals surface area contributed by atoms with Gasteiger partial charge < -0.3 is 15.5 Å². The minimum atomic E-state index is -1.32. The van der Waals surface area contributed by atoms with Crippen LogP contribution in [0.25, 0.3) is 0 Å². The van der Waals surface area contributed by atoms with Crippen LogP contribution in [-0.2, 0) is 0 Å². The van der Waals surface area contributed by atoms with E-state index in [2.05, 4.69) is 20.3 Å². The van der Waals surface area contributed by atoms with Gasteiger partial charge in [-0.2, -0.15) is 0 Å². The van der Waals surface area contributed by atoms with Crippen LogP contribution in [0.2, 0.25) is 0 Å². The predicted molar refractivity (Wildman–Crippen MR) is 62.8 cm³/mol. The molecule has 2 aromatic heterocycles. The third-order valence-corrected chi connectivity index (χ3v) is 2.18. The van der Waals surface area contributed by atoms with Crippen LogP contribution in [0.15, 0.2) is 30.9 Å². The first kappa shape index (κ1) is 12.4. The monoisotopic (exact) mass is 260 g/mol. The number of aromatic hydroxyl groups is 1. The van der Waals surface area contributed by atoms with Gasteiger partial charge in [-0.1, -0.05) is 0 Å². The molecule has 2 rings (SSSR count). The SMILES string of the molecule is O=C(Nc1nccnc1C(=O)O)c1ccncc1O. The molecule has 2 aromatic rings. The molecule has 8 heteroatoms. The van der Waals surface area contributed by atoms with E-state index >= 15 is 0 Å². The largest absolute Gasteiger partial charge is 0.505 e. The van der Waals surface area contributed by atoms with Gasteiger partial charge in [0, 0.05) is 18.6 Å². The lowest BCUT2D eigenvalue weighted by Gasteiger charge is -2.07. The summed E-state index contributed by atoms with van der Waals surface area (Å²) in [6.45, 7) is 0. The Bertz CT molecular complexity index is 644. The smallest absolute Gasteiger partial charge is 0.358 e. The zero-order valence-electron chi connectivity index (χ0n) is 9.44. The topological polar surface area (TPSA) is 125 Å². The van der Waals surface area contributed by atoms with Crippen molar-refractivity contribution < 1.29 is 19.8 Å². The Kier molecular flexibility index (Phi) is 3.33. The van der Waals surface area contributed by atoms with Crippen molar-refractivity contribution in [3.8, 4) is 5.75 Å². The van der Waals surface area contributed by atoms with Crippen LogP contribution in [0.3, 0.4) is 0 Å². The van der Waals surface area contributed by atoms with Crippen molar-refractivity contribution in [1.29, 1.82) is 0 Å². The fourth-order valence-electron chi connectivity index (χ4n) is 1.34. The summed E-state index contributed by atoms with van der Waals surface area (Å²) in [7, 11) is 0. The Labute approximate surface area is 106 Å². The molecule has 0 aliphatic carbocycles. The standard InChI is InChI=1S/C11H8N4O4/c16-7-5-12-2-1-6(7)10(17)15-9-8(11(18)19)13-3-4-14-9/h1-5,16H,(H,18,19)(H,14,15,17). The summed E-state index contributed by atoms with van der Waals surface area (Å²) in [6, 6.07) is 1.29. The fourth-order valence-corrected chi connectivity index (χ4v) is 1.34. The van der Waals surface area contributed by atoms with Gasteiger partial charge in [0.1, 0.15) is 5.75 Å². The van der Waals surface area contributed by atoms with Gasteiger partial charge in [0.15, 0.2) is 11.5 Å². The van der Waals surface area contributed by atoms with Crippen LogP contribution in [0.5, 0.6) is 5.75 Å². The van der Waals surface area contributed by atoms with Gasteiger partial charge in [-0.3, -0.25) is 9.78 Å². The second-order valence-corrected chi connectivity index (χ2v) is 3.41. The second-order valence-electron chi connectivity index (χ2n) is 3.41. The van der Waals surface area contributed by atoms with Crippen LogP contribution in [0.4, 0.5) is 5.82 Å². The number of amides is 1. The Morgan fingerprint density at radius 1 is 1.16 bits per heavy atom. The minimum Gasteiger partial charge on any atom is -0.505 e. The average Bonchev–Trinajstić information content (AvgIpc) is 2.39. The lowest BCUT2D eigenvalue weighted by Crippen LogP contribution is -2.17. The number of aromatic nitrogens is 3. The number of rotatable bonds is 3. The summed E-state index contributed by atoms with van der Waals surface area (Å²) in [5.74, 6) is -2.54. The van der Waals surface area contributed by atoms with Crippen molar-refractivity contribution in [2.45, 2.75) is 0 Å². The predicted octanol–water partition coefficient (Wildman–Crippen LogP) is 0.528. The molecule has 0 unspecified atom stereocenters. The molecule has 0 aliphatic rings. The number of hydrogen-bond acceptors (Lipinski definition) is 6. The molecule has 19 heavy (non-hydrogen) atoms. The van der Waals surface area contributed by atoms with Crippen molar-refractivity contribution >= 4 is 17.7 Å². The third kappa shape index (κ3) is 2.63. The molecule has 0 bridgehead atoms. The Morgan fingerprint density at radius 2 is 1.89 bits per heavy atom. The van der Waals surface area contributed by atoms with E-state index in [1.54, 1.807) is 0 Å². The normalized spacial score (nSPS) is 9.89. The second kappa shape index (κ2) is 5.08. The molecule has 2 heterocycles. The quantitative estimate of drug-likeness (QED) is 0.734. The highest BCUT2D eigenvalue weighted by atomic mass is 16.4. The molecule has 0 fully saturated rings. The number of hydrogen-bond donors (Lipinski definition) is 3. The third-order valence-electron chi connectivity index (χ3n) is 2.18. The summed E-state index contributed by atoms with van der Waals surface area (Å²) in [4.78, 5) is 33.7. The summed E-state index contributed by atoms with van der Waals surface area (Å²) >= 11 is 0. The molecular weight excluding hydrogens is 252 g/mol. The van der Waals surface area contributed by atoms with E-state index < -0.39 is 11.9 Å². The summed E-state index contributed by atoms with van der Waals surface area (Å²) in [5.41, 5.74) is -0.429. The van der Waals surface area contributed by atoms with Crippen molar-refractivity contribution in [2.24, 2.45) is 0 Å². The summed E-state index contributed by atoms with van der Waals surface area (Å²) < 4.78 is 0. The van der Waals surface area contributed by atoms with Crippen LogP contribution < -0.4 is 5.32 Å². The molecule has 0 atom stereocenters. The van der Waals surface area contributed by atoms with E-state index in [1.165, 1.54) is 24.7 Å². The Hall–Kier alpha value is -3.03. The van der Waals surface area contributed by atoms with Gasteiger partial charge in [-0.25, -0.2) is 14.8 Å². The number of carbonyl (C=O) groups excluding carboxylic acids is 1. The molecule has 8 nitrogen and oxygen atoms in total. The van der Waals surface area contributed by atoms with Crippen LogP contribution in [0.1, 0.15) is 20.8 Å². The molecule has 1 amide bonds. The molecule has 0 spiro atoms. The number of anilines is 1. The molecule has 0 aromatic carbocycles. The van der Waals surface area contributed by atoms with Crippen LogP contribution >= 0.6 is 0 Å². The first-order valence-electron chi connectivity index (χ1n) is 5.08. The number of nitrogens with one attached hydrogen (secondary N) is 1. The van der Waals surface area contributed by atoms with E-state index in [9.17, 15) is 14.7 Å². The van der Waals surface area contributed by atoms with Crippen molar-refractivity contribution in [2.75, 3.05) is 5.32 Å². The highest BCUT2D eigenvalue weighted by molar-refractivity contribution is 6.07. The van der Waals surface area contributed by atoms with Gasteiger partial charge in [-0.15, -0.1) is 0 Å². The molecule has 0 saturated carbocycles. The lowest BCUT2D eigenvalue weighted by atomic mass is 10.2. The molecule has 3 N–H and O–H groups in total. The highest BCUT2D eigenvalue weighted by Gasteiger charge is 2.17. The Balaban J connectivity index is 2.30.